The molecule has 0 radical (unpaired) electrons. The summed E-state index contributed by atoms with van der Waals surface area (Å²) in [5.74, 6) is -0.268. The number of benzene rings is 3. The van der Waals surface area contributed by atoms with Gasteiger partial charge in [0.05, 0.1) is 17.7 Å². The standard InChI is InChI=1S/C20H16FNO4S/c1-26-16-10-6-14(7-11-16)20(23)18-4-2-3-5-19(18)22-27(24,25)17-12-8-15(21)9-13-17/h2-13,22H,1H3. The number of hydrogen-bond donors (Lipinski definition) is 1. The van der Waals surface area contributed by atoms with Gasteiger partial charge in [-0.25, -0.2) is 12.8 Å². The molecule has 7 heteroatoms. The number of ketones is 1. The molecule has 0 heterocycles. The highest BCUT2D eigenvalue weighted by Gasteiger charge is 2.19. The summed E-state index contributed by atoms with van der Waals surface area (Å²) in [7, 11) is -2.44. The van der Waals surface area contributed by atoms with Crippen molar-refractivity contribution >= 4 is 21.5 Å². The van der Waals surface area contributed by atoms with E-state index in [0.29, 0.717) is 11.3 Å². The van der Waals surface area contributed by atoms with Gasteiger partial charge in [0, 0.05) is 11.1 Å². The van der Waals surface area contributed by atoms with Crippen LogP contribution in [0.1, 0.15) is 15.9 Å². The number of hydrogen-bond acceptors (Lipinski definition) is 4. The van der Waals surface area contributed by atoms with Crippen LogP contribution < -0.4 is 9.46 Å². The van der Waals surface area contributed by atoms with Gasteiger partial charge < -0.3 is 4.74 Å². The number of ether oxygens (including phenoxy) is 1. The molecule has 0 saturated carbocycles. The van der Waals surface area contributed by atoms with Crippen molar-refractivity contribution in [3.8, 4) is 5.75 Å². The zero-order chi connectivity index (χ0) is 19.4. The normalized spacial score (nSPS) is 11.0. The van der Waals surface area contributed by atoms with E-state index in [2.05, 4.69) is 4.72 Å². The summed E-state index contributed by atoms with van der Waals surface area (Å²) < 4.78 is 45.6. The Morgan fingerprint density at radius 1 is 0.926 bits per heavy atom. The highest BCUT2D eigenvalue weighted by Crippen LogP contribution is 2.24. The SMILES string of the molecule is COc1ccc(C(=O)c2ccccc2NS(=O)(=O)c2ccc(F)cc2)cc1. The van der Waals surface area contributed by atoms with Crippen molar-refractivity contribution in [2.75, 3.05) is 11.8 Å². The number of anilines is 1. The Labute approximate surface area is 156 Å². The van der Waals surface area contributed by atoms with Gasteiger partial charge in [0.15, 0.2) is 5.78 Å². The molecule has 3 rings (SSSR count). The Morgan fingerprint density at radius 2 is 1.56 bits per heavy atom. The van der Waals surface area contributed by atoms with E-state index in [0.717, 1.165) is 24.3 Å². The summed E-state index contributed by atoms with van der Waals surface area (Å²) in [6.45, 7) is 0. The Balaban J connectivity index is 1.93. The molecule has 3 aromatic rings. The molecule has 0 aliphatic heterocycles. The molecule has 0 unspecified atom stereocenters. The number of para-hydroxylation sites is 1. The lowest BCUT2D eigenvalue weighted by Crippen LogP contribution is -2.16. The van der Waals surface area contributed by atoms with Gasteiger partial charge in [-0.1, -0.05) is 12.1 Å². The molecule has 0 aliphatic rings. The van der Waals surface area contributed by atoms with Crippen LogP contribution in [0.5, 0.6) is 5.75 Å². The third-order valence-corrected chi connectivity index (χ3v) is 5.27. The maximum Gasteiger partial charge on any atom is 0.261 e. The summed E-state index contributed by atoms with van der Waals surface area (Å²) in [5.41, 5.74) is 0.736. The Hall–Kier alpha value is -3.19. The number of carbonyl (C=O) groups excluding carboxylic acids is 1. The van der Waals surface area contributed by atoms with Crippen LogP contribution in [-0.4, -0.2) is 21.3 Å². The molecule has 3 aromatic carbocycles. The topological polar surface area (TPSA) is 72.5 Å². The summed E-state index contributed by atoms with van der Waals surface area (Å²) in [6, 6.07) is 17.2. The third kappa shape index (κ3) is 4.15. The minimum Gasteiger partial charge on any atom is -0.497 e. The summed E-state index contributed by atoms with van der Waals surface area (Å²) in [5, 5.41) is 0. The molecule has 0 bridgehead atoms. The molecule has 138 valence electrons. The molecular formula is C20H16FNO4S. The van der Waals surface area contributed by atoms with Crippen LogP contribution in [0, 0.1) is 5.82 Å². The number of methoxy groups -OCH3 is 1. The molecule has 27 heavy (non-hydrogen) atoms. The van der Waals surface area contributed by atoms with Crippen molar-refractivity contribution in [1.82, 2.24) is 0 Å². The van der Waals surface area contributed by atoms with Gasteiger partial charge in [-0.2, -0.15) is 0 Å². The predicted molar refractivity (Wildman–Crippen MR) is 100 cm³/mol. The second-order valence-corrected chi connectivity index (χ2v) is 7.35. The minimum atomic E-state index is -3.97. The quantitative estimate of drug-likeness (QED) is 0.654. The molecule has 0 amide bonds. The molecule has 0 spiro atoms. The number of nitrogens with one attached hydrogen (secondary N) is 1. The fourth-order valence-corrected chi connectivity index (χ4v) is 3.57. The molecule has 0 aromatic heterocycles. The van der Waals surface area contributed by atoms with Crippen molar-refractivity contribution in [1.29, 1.82) is 0 Å². The van der Waals surface area contributed by atoms with Crippen LogP contribution in [0.15, 0.2) is 77.7 Å². The molecule has 0 fully saturated rings. The highest BCUT2D eigenvalue weighted by atomic mass is 32.2. The van der Waals surface area contributed by atoms with Gasteiger partial charge in [0.25, 0.3) is 10.0 Å². The van der Waals surface area contributed by atoms with E-state index >= 15 is 0 Å². The second kappa shape index (κ2) is 7.59. The molecule has 5 nitrogen and oxygen atoms in total. The maximum atomic E-state index is 13.0. The number of halogens is 1. The van der Waals surface area contributed by atoms with E-state index in [9.17, 15) is 17.6 Å². The van der Waals surface area contributed by atoms with Gasteiger partial charge in [0.1, 0.15) is 11.6 Å². The van der Waals surface area contributed by atoms with E-state index in [1.54, 1.807) is 36.4 Å². The fraction of sp³-hybridized carbons (Fsp3) is 0.0500. The monoisotopic (exact) mass is 385 g/mol. The number of sulfonamides is 1. The van der Waals surface area contributed by atoms with Gasteiger partial charge >= 0.3 is 0 Å². The lowest BCUT2D eigenvalue weighted by molar-refractivity contribution is 0.103. The van der Waals surface area contributed by atoms with Gasteiger partial charge in [-0.15, -0.1) is 0 Å². The maximum absolute atomic E-state index is 13.0. The Bertz CT molecular complexity index is 1060. The van der Waals surface area contributed by atoms with Crippen LogP contribution in [0.25, 0.3) is 0 Å². The summed E-state index contributed by atoms with van der Waals surface area (Å²) in [4.78, 5) is 12.7. The first kappa shape index (κ1) is 18.6. The van der Waals surface area contributed by atoms with Crippen molar-refractivity contribution in [2.45, 2.75) is 4.90 Å². The molecule has 0 atom stereocenters. The van der Waals surface area contributed by atoms with Crippen LogP contribution in [-0.2, 0) is 10.0 Å². The average Bonchev–Trinajstić information content (AvgIpc) is 2.68. The van der Waals surface area contributed by atoms with Gasteiger partial charge in [-0.3, -0.25) is 9.52 Å². The molecule has 0 aliphatic carbocycles. The summed E-state index contributed by atoms with van der Waals surface area (Å²) in [6.07, 6.45) is 0. The molecular weight excluding hydrogens is 369 g/mol. The number of rotatable bonds is 6. The third-order valence-electron chi connectivity index (χ3n) is 3.89. The lowest BCUT2D eigenvalue weighted by atomic mass is 10.0. The number of carbonyl (C=O) groups is 1. The van der Waals surface area contributed by atoms with E-state index in [1.165, 1.54) is 19.2 Å². The average molecular weight is 385 g/mol. The molecule has 0 saturated heterocycles. The van der Waals surface area contributed by atoms with Crippen molar-refractivity contribution in [3.05, 3.63) is 89.7 Å². The van der Waals surface area contributed by atoms with Crippen molar-refractivity contribution in [2.24, 2.45) is 0 Å². The second-order valence-electron chi connectivity index (χ2n) is 5.66. The zero-order valence-electron chi connectivity index (χ0n) is 14.3. The minimum absolute atomic E-state index is 0.101. The Kier molecular flexibility index (Phi) is 5.23. The first-order valence-corrected chi connectivity index (χ1v) is 9.45. The predicted octanol–water partition coefficient (Wildman–Crippen LogP) is 3.87. The van der Waals surface area contributed by atoms with E-state index in [1.807, 2.05) is 0 Å². The van der Waals surface area contributed by atoms with Gasteiger partial charge in [-0.05, 0) is 60.7 Å². The van der Waals surface area contributed by atoms with Crippen molar-refractivity contribution in [3.63, 3.8) is 0 Å². The Morgan fingerprint density at radius 3 is 2.19 bits per heavy atom. The summed E-state index contributed by atoms with van der Waals surface area (Å²) >= 11 is 0. The first-order valence-electron chi connectivity index (χ1n) is 7.97. The zero-order valence-corrected chi connectivity index (χ0v) is 15.2. The molecule has 1 N–H and O–H groups in total. The highest BCUT2D eigenvalue weighted by molar-refractivity contribution is 7.92. The van der Waals surface area contributed by atoms with Gasteiger partial charge in [0.2, 0.25) is 0 Å². The van der Waals surface area contributed by atoms with Crippen LogP contribution in [0.4, 0.5) is 10.1 Å². The van der Waals surface area contributed by atoms with Crippen molar-refractivity contribution < 1.29 is 22.3 Å². The fourth-order valence-electron chi connectivity index (χ4n) is 2.49. The first-order chi connectivity index (χ1) is 12.9. The van der Waals surface area contributed by atoms with E-state index in [-0.39, 0.29) is 21.9 Å². The lowest BCUT2D eigenvalue weighted by Gasteiger charge is -2.12. The van der Waals surface area contributed by atoms with E-state index in [4.69, 9.17) is 4.74 Å². The van der Waals surface area contributed by atoms with E-state index < -0.39 is 15.8 Å². The van der Waals surface area contributed by atoms with Crippen LogP contribution in [0.2, 0.25) is 0 Å². The smallest absolute Gasteiger partial charge is 0.261 e. The van der Waals surface area contributed by atoms with Crippen LogP contribution in [0.3, 0.4) is 0 Å². The largest absolute Gasteiger partial charge is 0.497 e. The van der Waals surface area contributed by atoms with Crippen LogP contribution >= 0.6 is 0 Å².